The van der Waals surface area contributed by atoms with Gasteiger partial charge in [-0.15, -0.1) is 0 Å². The SMILES string of the molecule is C=CCOc1ccc(C2C(C(=O)OCC(C)C)=C(C)N=C3SCCC(=O)N32)cc1OC. The first-order chi connectivity index (χ1) is 14.9. The van der Waals surface area contributed by atoms with Gasteiger partial charge in [0.15, 0.2) is 16.7 Å². The molecule has 0 N–H and O–H groups in total. The average Bonchev–Trinajstić information content (AvgIpc) is 2.75. The van der Waals surface area contributed by atoms with Gasteiger partial charge in [-0.05, 0) is 30.5 Å². The smallest absolute Gasteiger partial charge is 0.338 e. The Morgan fingerprint density at radius 3 is 2.84 bits per heavy atom. The van der Waals surface area contributed by atoms with E-state index in [0.29, 0.717) is 53.3 Å². The van der Waals surface area contributed by atoms with Gasteiger partial charge in [0.05, 0.1) is 31.0 Å². The molecule has 1 amide bonds. The topological polar surface area (TPSA) is 77.4 Å². The maximum atomic E-state index is 13.1. The summed E-state index contributed by atoms with van der Waals surface area (Å²) < 4.78 is 16.7. The molecule has 1 aromatic rings. The maximum absolute atomic E-state index is 13.1. The first-order valence-electron chi connectivity index (χ1n) is 10.2. The van der Waals surface area contributed by atoms with Crippen LogP contribution >= 0.6 is 11.8 Å². The number of hydrogen-bond acceptors (Lipinski definition) is 7. The van der Waals surface area contributed by atoms with Crippen molar-refractivity contribution in [1.82, 2.24) is 4.90 Å². The maximum Gasteiger partial charge on any atom is 0.338 e. The Bertz CT molecular complexity index is 938. The number of nitrogens with zero attached hydrogens (tertiary/aromatic N) is 2. The standard InChI is InChI=1S/C23H28N2O5S/c1-6-10-29-17-8-7-16(12-18(17)28-5)21-20(22(27)30-13-14(2)3)15(4)24-23-25(21)19(26)9-11-31-23/h6-8,12,14,21H,1,9-11,13H2,2-5H3. The highest BCUT2D eigenvalue weighted by molar-refractivity contribution is 8.14. The lowest BCUT2D eigenvalue weighted by Gasteiger charge is -2.39. The Balaban J connectivity index is 2.08. The van der Waals surface area contributed by atoms with E-state index in [4.69, 9.17) is 14.2 Å². The zero-order valence-corrected chi connectivity index (χ0v) is 19.2. The molecule has 7 nitrogen and oxygen atoms in total. The Morgan fingerprint density at radius 2 is 2.16 bits per heavy atom. The molecule has 1 fully saturated rings. The van der Waals surface area contributed by atoms with Gasteiger partial charge in [0.25, 0.3) is 0 Å². The lowest BCUT2D eigenvalue weighted by atomic mass is 9.93. The molecule has 1 atom stereocenters. The molecule has 0 spiro atoms. The number of methoxy groups -OCH3 is 1. The molecule has 8 heteroatoms. The summed E-state index contributed by atoms with van der Waals surface area (Å²) in [6.45, 7) is 10.0. The quantitative estimate of drug-likeness (QED) is 0.444. The number of hydrogen-bond donors (Lipinski definition) is 0. The number of esters is 1. The van der Waals surface area contributed by atoms with Crippen molar-refractivity contribution in [2.75, 3.05) is 26.1 Å². The molecule has 2 aliphatic rings. The Kier molecular flexibility index (Phi) is 7.43. The van der Waals surface area contributed by atoms with E-state index >= 15 is 0 Å². The van der Waals surface area contributed by atoms with Crippen molar-refractivity contribution in [1.29, 1.82) is 0 Å². The summed E-state index contributed by atoms with van der Waals surface area (Å²) in [7, 11) is 1.55. The lowest BCUT2D eigenvalue weighted by molar-refractivity contribution is -0.141. The Labute approximate surface area is 187 Å². The number of thioether (sulfide) groups is 1. The molecule has 0 aliphatic carbocycles. The minimum Gasteiger partial charge on any atom is -0.493 e. The number of carbonyl (C=O) groups excluding carboxylic acids is 2. The van der Waals surface area contributed by atoms with E-state index in [1.165, 1.54) is 11.8 Å². The van der Waals surface area contributed by atoms with Crippen LogP contribution in [0.4, 0.5) is 0 Å². The van der Waals surface area contributed by atoms with Crippen LogP contribution in [0, 0.1) is 5.92 Å². The fourth-order valence-corrected chi connectivity index (χ4v) is 4.42. The average molecular weight is 445 g/mol. The molecule has 0 bridgehead atoms. The van der Waals surface area contributed by atoms with Gasteiger partial charge in [-0.25, -0.2) is 9.79 Å². The number of benzene rings is 1. The van der Waals surface area contributed by atoms with Gasteiger partial charge >= 0.3 is 5.97 Å². The Morgan fingerprint density at radius 1 is 1.39 bits per heavy atom. The van der Waals surface area contributed by atoms with E-state index in [1.807, 2.05) is 19.9 Å². The molecule has 166 valence electrons. The van der Waals surface area contributed by atoms with Crippen molar-refractivity contribution in [2.24, 2.45) is 10.9 Å². The van der Waals surface area contributed by atoms with Gasteiger partial charge in [0.1, 0.15) is 6.61 Å². The van der Waals surface area contributed by atoms with Gasteiger partial charge < -0.3 is 14.2 Å². The highest BCUT2D eigenvalue weighted by Crippen LogP contribution is 2.42. The fraction of sp³-hybridized carbons (Fsp3) is 0.435. The number of amides is 1. The minimum absolute atomic E-state index is 0.0740. The molecule has 0 aromatic heterocycles. The third kappa shape index (κ3) is 4.95. The van der Waals surface area contributed by atoms with E-state index < -0.39 is 12.0 Å². The molecule has 31 heavy (non-hydrogen) atoms. The summed E-state index contributed by atoms with van der Waals surface area (Å²) in [5.41, 5.74) is 1.64. The monoisotopic (exact) mass is 444 g/mol. The van der Waals surface area contributed by atoms with Crippen LogP contribution < -0.4 is 9.47 Å². The van der Waals surface area contributed by atoms with Crippen LogP contribution in [0.3, 0.4) is 0 Å². The second-order valence-electron chi connectivity index (χ2n) is 7.66. The van der Waals surface area contributed by atoms with E-state index in [2.05, 4.69) is 11.6 Å². The number of allylic oxidation sites excluding steroid dienone is 1. The van der Waals surface area contributed by atoms with Crippen LogP contribution in [0.25, 0.3) is 0 Å². The molecular weight excluding hydrogens is 416 g/mol. The molecule has 1 saturated heterocycles. The predicted octanol–water partition coefficient (Wildman–Crippen LogP) is 4.11. The van der Waals surface area contributed by atoms with E-state index in [1.54, 1.807) is 37.1 Å². The summed E-state index contributed by atoms with van der Waals surface area (Å²) >= 11 is 1.51. The molecule has 1 aromatic carbocycles. The number of ether oxygens (including phenoxy) is 3. The van der Waals surface area contributed by atoms with E-state index in [0.717, 1.165) is 5.56 Å². The normalized spacial score (nSPS) is 18.5. The van der Waals surface area contributed by atoms with E-state index in [-0.39, 0.29) is 11.8 Å². The molecule has 2 heterocycles. The van der Waals surface area contributed by atoms with Crippen LogP contribution in [-0.4, -0.2) is 48.0 Å². The summed E-state index contributed by atoms with van der Waals surface area (Å²) in [4.78, 5) is 32.1. The Hall–Kier alpha value is -2.74. The van der Waals surface area contributed by atoms with Crippen molar-refractivity contribution in [3.05, 3.63) is 47.7 Å². The van der Waals surface area contributed by atoms with Crippen molar-refractivity contribution in [3.8, 4) is 11.5 Å². The summed E-state index contributed by atoms with van der Waals surface area (Å²) in [6, 6.07) is 4.76. The number of rotatable bonds is 8. The van der Waals surface area contributed by atoms with Crippen LogP contribution in [0.2, 0.25) is 0 Å². The highest BCUT2D eigenvalue weighted by Gasteiger charge is 2.42. The van der Waals surface area contributed by atoms with Gasteiger partial charge in [-0.1, -0.05) is 44.3 Å². The zero-order chi connectivity index (χ0) is 22.5. The minimum atomic E-state index is -0.644. The first kappa shape index (κ1) is 22.9. The molecular formula is C23H28N2O5S. The van der Waals surface area contributed by atoms with Crippen molar-refractivity contribution >= 4 is 28.8 Å². The number of aliphatic imine (C=N–C) groups is 1. The van der Waals surface area contributed by atoms with E-state index in [9.17, 15) is 9.59 Å². The highest BCUT2D eigenvalue weighted by atomic mass is 32.2. The fourth-order valence-electron chi connectivity index (χ4n) is 3.41. The van der Waals surface area contributed by atoms with Crippen LogP contribution in [0.15, 0.2) is 47.1 Å². The summed E-state index contributed by atoms with van der Waals surface area (Å²) in [5, 5.41) is 0.602. The second-order valence-corrected chi connectivity index (χ2v) is 8.72. The zero-order valence-electron chi connectivity index (χ0n) is 18.3. The molecule has 0 saturated carbocycles. The number of carbonyl (C=O) groups is 2. The van der Waals surface area contributed by atoms with Gasteiger partial charge in [-0.3, -0.25) is 9.69 Å². The second kappa shape index (κ2) is 10.0. The third-order valence-corrected chi connectivity index (χ3v) is 5.79. The van der Waals surface area contributed by atoms with Gasteiger partial charge in [0, 0.05) is 12.2 Å². The van der Waals surface area contributed by atoms with Crippen molar-refractivity contribution < 1.29 is 23.8 Å². The van der Waals surface area contributed by atoms with Crippen LogP contribution in [0.1, 0.15) is 38.8 Å². The van der Waals surface area contributed by atoms with Crippen LogP contribution in [0.5, 0.6) is 11.5 Å². The molecule has 3 rings (SSSR count). The largest absolute Gasteiger partial charge is 0.493 e. The molecule has 2 aliphatic heterocycles. The summed E-state index contributed by atoms with van der Waals surface area (Å²) in [6.07, 6.45) is 2.03. The number of amidine groups is 1. The van der Waals surface area contributed by atoms with Crippen molar-refractivity contribution in [3.63, 3.8) is 0 Å². The molecule has 1 unspecified atom stereocenters. The van der Waals surface area contributed by atoms with Gasteiger partial charge in [-0.2, -0.15) is 0 Å². The van der Waals surface area contributed by atoms with Crippen molar-refractivity contribution in [2.45, 2.75) is 33.2 Å². The van der Waals surface area contributed by atoms with Crippen LogP contribution in [-0.2, 0) is 14.3 Å². The summed E-state index contributed by atoms with van der Waals surface area (Å²) in [5.74, 6) is 1.38. The third-order valence-electron chi connectivity index (χ3n) is 4.83. The molecule has 0 radical (unpaired) electrons. The predicted molar refractivity (Wildman–Crippen MR) is 121 cm³/mol. The van der Waals surface area contributed by atoms with Gasteiger partial charge in [0.2, 0.25) is 5.91 Å². The number of fused-ring (bicyclic) bond motifs is 1. The lowest BCUT2D eigenvalue weighted by Crippen LogP contribution is -2.45. The first-order valence-corrected chi connectivity index (χ1v) is 11.2.